The van der Waals surface area contributed by atoms with Crippen LogP contribution in [0.3, 0.4) is 0 Å². The van der Waals surface area contributed by atoms with Crippen molar-refractivity contribution in [3.63, 3.8) is 0 Å². The SMILES string of the molecule is CCCOc1ccc(NC(=O)C2CC3CCC2N3)cc1Cl. The first-order valence-corrected chi connectivity index (χ1v) is 8.04. The fourth-order valence-electron chi connectivity index (χ4n) is 3.26. The van der Waals surface area contributed by atoms with Gasteiger partial charge in [0.15, 0.2) is 0 Å². The van der Waals surface area contributed by atoms with Crippen LogP contribution in [-0.4, -0.2) is 24.6 Å². The number of rotatable bonds is 5. The molecule has 114 valence electrons. The second-order valence-electron chi connectivity index (χ2n) is 5.87. The normalized spacial score (nSPS) is 26.9. The summed E-state index contributed by atoms with van der Waals surface area (Å²) in [5.41, 5.74) is 0.733. The van der Waals surface area contributed by atoms with Crippen molar-refractivity contribution in [1.29, 1.82) is 0 Å². The molecule has 2 bridgehead atoms. The Labute approximate surface area is 130 Å². The van der Waals surface area contributed by atoms with Crippen LogP contribution in [0.2, 0.25) is 5.02 Å². The molecule has 21 heavy (non-hydrogen) atoms. The highest BCUT2D eigenvalue weighted by Gasteiger charge is 2.42. The van der Waals surface area contributed by atoms with Gasteiger partial charge in [0, 0.05) is 17.8 Å². The summed E-state index contributed by atoms with van der Waals surface area (Å²) >= 11 is 6.18. The molecule has 2 heterocycles. The van der Waals surface area contributed by atoms with E-state index < -0.39 is 0 Å². The monoisotopic (exact) mass is 308 g/mol. The summed E-state index contributed by atoms with van der Waals surface area (Å²) in [6.45, 7) is 2.69. The summed E-state index contributed by atoms with van der Waals surface area (Å²) < 4.78 is 5.53. The van der Waals surface area contributed by atoms with Crippen LogP contribution in [0.4, 0.5) is 5.69 Å². The lowest BCUT2D eigenvalue weighted by atomic mass is 9.88. The van der Waals surface area contributed by atoms with Crippen LogP contribution in [0.25, 0.3) is 0 Å². The molecule has 2 fully saturated rings. The van der Waals surface area contributed by atoms with Crippen molar-refractivity contribution in [3.8, 4) is 5.75 Å². The zero-order valence-electron chi connectivity index (χ0n) is 12.2. The van der Waals surface area contributed by atoms with Crippen molar-refractivity contribution >= 4 is 23.2 Å². The fourth-order valence-corrected chi connectivity index (χ4v) is 3.49. The molecule has 3 unspecified atom stereocenters. The predicted octanol–water partition coefficient (Wildman–Crippen LogP) is 3.21. The molecule has 1 aromatic carbocycles. The number of ether oxygens (including phenoxy) is 1. The smallest absolute Gasteiger partial charge is 0.229 e. The van der Waals surface area contributed by atoms with Crippen LogP contribution < -0.4 is 15.4 Å². The summed E-state index contributed by atoms with van der Waals surface area (Å²) in [7, 11) is 0. The highest BCUT2D eigenvalue weighted by Crippen LogP contribution is 2.34. The average Bonchev–Trinajstić information content (AvgIpc) is 3.09. The molecular formula is C16H21ClN2O2. The maximum absolute atomic E-state index is 12.3. The molecule has 0 aromatic heterocycles. The van der Waals surface area contributed by atoms with Gasteiger partial charge >= 0.3 is 0 Å². The van der Waals surface area contributed by atoms with Gasteiger partial charge < -0.3 is 15.4 Å². The summed E-state index contributed by atoms with van der Waals surface area (Å²) in [6, 6.07) is 6.28. The second-order valence-corrected chi connectivity index (χ2v) is 6.28. The van der Waals surface area contributed by atoms with Gasteiger partial charge in [-0.3, -0.25) is 4.79 Å². The first-order valence-electron chi connectivity index (χ1n) is 7.66. The van der Waals surface area contributed by atoms with E-state index in [0.29, 0.717) is 29.5 Å². The molecule has 0 saturated carbocycles. The molecule has 0 aliphatic carbocycles. The molecule has 0 spiro atoms. The average molecular weight is 309 g/mol. The lowest BCUT2D eigenvalue weighted by molar-refractivity contribution is -0.120. The van der Waals surface area contributed by atoms with Gasteiger partial charge in [-0.2, -0.15) is 0 Å². The van der Waals surface area contributed by atoms with Gasteiger partial charge in [-0.15, -0.1) is 0 Å². The van der Waals surface area contributed by atoms with E-state index in [1.807, 2.05) is 19.1 Å². The van der Waals surface area contributed by atoms with Crippen molar-refractivity contribution in [3.05, 3.63) is 23.2 Å². The summed E-state index contributed by atoms with van der Waals surface area (Å²) in [4.78, 5) is 12.3. The van der Waals surface area contributed by atoms with E-state index in [9.17, 15) is 4.79 Å². The number of amides is 1. The van der Waals surface area contributed by atoms with Crippen molar-refractivity contribution in [1.82, 2.24) is 5.32 Å². The number of hydrogen-bond donors (Lipinski definition) is 2. The molecule has 3 rings (SSSR count). The van der Waals surface area contributed by atoms with Crippen LogP contribution in [0.5, 0.6) is 5.75 Å². The van der Waals surface area contributed by atoms with E-state index in [1.165, 1.54) is 6.42 Å². The third-order valence-corrected chi connectivity index (χ3v) is 4.59. The van der Waals surface area contributed by atoms with E-state index in [1.54, 1.807) is 6.07 Å². The summed E-state index contributed by atoms with van der Waals surface area (Å²) in [5, 5.41) is 6.99. The molecule has 2 aliphatic rings. The fraction of sp³-hybridized carbons (Fsp3) is 0.562. The molecular weight excluding hydrogens is 288 g/mol. The number of halogens is 1. The van der Waals surface area contributed by atoms with Crippen molar-refractivity contribution in [2.24, 2.45) is 5.92 Å². The standard InChI is InChI=1S/C16H21ClN2O2/c1-2-7-21-15-6-4-11(9-13(15)17)19-16(20)12-8-10-3-5-14(12)18-10/h4,6,9-10,12,14,18H,2-3,5,7-8H2,1H3,(H,19,20). The van der Waals surface area contributed by atoms with E-state index >= 15 is 0 Å². The minimum atomic E-state index is 0.0820. The van der Waals surface area contributed by atoms with Crippen LogP contribution in [0, 0.1) is 5.92 Å². The molecule has 5 heteroatoms. The van der Waals surface area contributed by atoms with Crippen LogP contribution in [-0.2, 0) is 4.79 Å². The third kappa shape index (κ3) is 3.16. The van der Waals surface area contributed by atoms with Crippen molar-refractivity contribution in [2.75, 3.05) is 11.9 Å². The Morgan fingerprint density at radius 3 is 2.95 bits per heavy atom. The maximum Gasteiger partial charge on any atom is 0.229 e. The summed E-state index contributed by atoms with van der Waals surface area (Å²) in [5.74, 6) is 0.838. The molecule has 3 atom stereocenters. The van der Waals surface area contributed by atoms with E-state index in [0.717, 1.165) is 24.9 Å². The topological polar surface area (TPSA) is 50.4 Å². The van der Waals surface area contributed by atoms with Crippen molar-refractivity contribution < 1.29 is 9.53 Å². The highest BCUT2D eigenvalue weighted by molar-refractivity contribution is 6.32. The Morgan fingerprint density at radius 2 is 2.33 bits per heavy atom. The Balaban J connectivity index is 1.62. The predicted molar refractivity (Wildman–Crippen MR) is 83.9 cm³/mol. The number of nitrogens with one attached hydrogen (secondary N) is 2. The maximum atomic E-state index is 12.3. The van der Waals surface area contributed by atoms with Gasteiger partial charge in [0.05, 0.1) is 17.5 Å². The first kappa shape index (κ1) is 14.7. The van der Waals surface area contributed by atoms with E-state index in [-0.39, 0.29) is 11.8 Å². The number of anilines is 1. The van der Waals surface area contributed by atoms with Gasteiger partial charge in [-0.1, -0.05) is 18.5 Å². The van der Waals surface area contributed by atoms with E-state index in [2.05, 4.69) is 10.6 Å². The molecule has 4 nitrogen and oxygen atoms in total. The number of carbonyl (C=O) groups excluding carboxylic acids is 1. The largest absolute Gasteiger partial charge is 0.492 e. The Hall–Kier alpha value is -1.26. The molecule has 2 saturated heterocycles. The van der Waals surface area contributed by atoms with Crippen LogP contribution >= 0.6 is 11.6 Å². The van der Waals surface area contributed by atoms with Gasteiger partial charge in [0.2, 0.25) is 5.91 Å². The molecule has 1 aromatic rings. The van der Waals surface area contributed by atoms with Crippen LogP contribution in [0.15, 0.2) is 18.2 Å². The Bertz CT molecular complexity index is 535. The number of carbonyl (C=O) groups is 1. The van der Waals surface area contributed by atoms with Crippen LogP contribution in [0.1, 0.15) is 32.6 Å². The zero-order valence-corrected chi connectivity index (χ0v) is 13.0. The van der Waals surface area contributed by atoms with Crippen molar-refractivity contribution in [2.45, 2.75) is 44.7 Å². The minimum Gasteiger partial charge on any atom is -0.492 e. The van der Waals surface area contributed by atoms with Gasteiger partial charge in [0.1, 0.15) is 5.75 Å². The minimum absolute atomic E-state index is 0.0820. The van der Waals surface area contributed by atoms with Gasteiger partial charge in [-0.05, 0) is 43.9 Å². The molecule has 0 radical (unpaired) electrons. The molecule has 1 amide bonds. The quantitative estimate of drug-likeness (QED) is 0.878. The third-order valence-electron chi connectivity index (χ3n) is 4.30. The lowest BCUT2D eigenvalue weighted by Gasteiger charge is -2.19. The second kappa shape index (κ2) is 6.24. The number of benzene rings is 1. The number of hydrogen-bond acceptors (Lipinski definition) is 3. The van der Waals surface area contributed by atoms with E-state index in [4.69, 9.17) is 16.3 Å². The Kier molecular flexibility index (Phi) is 4.36. The molecule has 2 aliphatic heterocycles. The van der Waals surface area contributed by atoms with Gasteiger partial charge in [-0.25, -0.2) is 0 Å². The Morgan fingerprint density at radius 1 is 1.48 bits per heavy atom. The number of fused-ring (bicyclic) bond motifs is 2. The first-order chi connectivity index (χ1) is 10.2. The van der Waals surface area contributed by atoms with Gasteiger partial charge in [0.25, 0.3) is 0 Å². The highest BCUT2D eigenvalue weighted by atomic mass is 35.5. The molecule has 2 N–H and O–H groups in total. The zero-order chi connectivity index (χ0) is 14.8. The lowest BCUT2D eigenvalue weighted by Crippen LogP contribution is -2.32. The summed E-state index contributed by atoms with van der Waals surface area (Å²) in [6.07, 6.45) is 4.19.